The maximum absolute atomic E-state index is 13.7. The van der Waals surface area contributed by atoms with Crippen LogP contribution in [0.5, 0.6) is 0 Å². The van der Waals surface area contributed by atoms with E-state index in [0.717, 1.165) is 15.7 Å². The fourth-order valence-corrected chi connectivity index (χ4v) is 3.03. The molecule has 3 aromatic rings. The fourth-order valence-electron chi connectivity index (χ4n) is 2.14. The van der Waals surface area contributed by atoms with Crippen molar-refractivity contribution in [1.29, 1.82) is 0 Å². The first-order valence-electron chi connectivity index (χ1n) is 5.83. The van der Waals surface area contributed by atoms with E-state index in [1.54, 1.807) is 10.6 Å². The summed E-state index contributed by atoms with van der Waals surface area (Å²) in [6.45, 7) is 1.99. The van der Waals surface area contributed by atoms with Crippen molar-refractivity contribution in [3.05, 3.63) is 56.0 Å². The van der Waals surface area contributed by atoms with Crippen LogP contribution in [0.15, 0.2) is 34.8 Å². The highest BCUT2D eigenvalue weighted by atomic mass is 79.9. The van der Waals surface area contributed by atoms with Gasteiger partial charge in [-0.3, -0.25) is 4.57 Å². The Labute approximate surface area is 133 Å². The van der Waals surface area contributed by atoms with E-state index in [1.807, 2.05) is 25.1 Å². The third-order valence-corrected chi connectivity index (χ3v) is 4.31. The summed E-state index contributed by atoms with van der Waals surface area (Å²) >= 11 is 14.7. The Balaban J connectivity index is 2.42. The van der Waals surface area contributed by atoms with Crippen molar-refractivity contribution in [2.75, 3.05) is 0 Å². The number of aromatic nitrogens is 2. The minimum atomic E-state index is -0.467. The second-order valence-corrected chi connectivity index (χ2v) is 6.15. The van der Waals surface area contributed by atoms with E-state index in [-0.39, 0.29) is 5.02 Å². The largest absolute Gasteiger partial charge is 0.330 e. The lowest BCUT2D eigenvalue weighted by Gasteiger charge is -2.08. The lowest BCUT2D eigenvalue weighted by molar-refractivity contribution is 0.629. The van der Waals surface area contributed by atoms with Crippen molar-refractivity contribution in [2.24, 2.45) is 0 Å². The Morgan fingerprint density at radius 1 is 1.30 bits per heavy atom. The number of aromatic amines is 1. The molecule has 0 aliphatic carbocycles. The van der Waals surface area contributed by atoms with Gasteiger partial charge in [0.2, 0.25) is 0 Å². The molecule has 6 heteroatoms. The van der Waals surface area contributed by atoms with Crippen molar-refractivity contribution in [3.63, 3.8) is 0 Å². The van der Waals surface area contributed by atoms with Gasteiger partial charge in [0.05, 0.1) is 21.7 Å². The van der Waals surface area contributed by atoms with Crippen LogP contribution in [0.3, 0.4) is 0 Å². The molecule has 2 aromatic carbocycles. The third kappa shape index (κ3) is 2.20. The quantitative estimate of drug-likeness (QED) is 0.556. The second kappa shape index (κ2) is 4.98. The van der Waals surface area contributed by atoms with E-state index >= 15 is 0 Å². The zero-order valence-corrected chi connectivity index (χ0v) is 13.5. The van der Waals surface area contributed by atoms with Crippen molar-refractivity contribution in [1.82, 2.24) is 9.55 Å². The molecule has 0 unspecified atom stereocenters. The SMILES string of the molecule is Cc1ccc(Br)c(-n2c(=S)[nH]c3cc(Cl)c(F)cc32)c1. The van der Waals surface area contributed by atoms with Crippen molar-refractivity contribution in [2.45, 2.75) is 6.92 Å². The van der Waals surface area contributed by atoms with Crippen LogP contribution in [0.1, 0.15) is 5.56 Å². The van der Waals surface area contributed by atoms with E-state index in [1.165, 1.54) is 6.07 Å². The summed E-state index contributed by atoms with van der Waals surface area (Å²) in [6, 6.07) is 8.85. The van der Waals surface area contributed by atoms with Crippen LogP contribution in [0.4, 0.5) is 4.39 Å². The van der Waals surface area contributed by atoms with Gasteiger partial charge in [-0.2, -0.15) is 0 Å². The first-order valence-corrected chi connectivity index (χ1v) is 7.41. The molecule has 0 saturated heterocycles. The number of fused-ring (bicyclic) bond motifs is 1. The zero-order chi connectivity index (χ0) is 14.4. The fraction of sp³-hybridized carbons (Fsp3) is 0.0714. The van der Waals surface area contributed by atoms with Crippen molar-refractivity contribution >= 4 is 50.8 Å². The van der Waals surface area contributed by atoms with E-state index in [0.29, 0.717) is 15.8 Å². The molecule has 1 N–H and O–H groups in total. The number of hydrogen-bond acceptors (Lipinski definition) is 1. The molecule has 3 rings (SSSR count). The van der Waals surface area contributed by atoms with Gasteiger partial charge in [-0.25, -0.2) is 4.39 Å². The summed E-state index contributed by atoms with van der Waals surface area (Å²) in [5.41, 5.74) is 3.31. The van der Waals surface area contributed by atoms with Crippen LogP contribution >= 0.6 is 39.7 Å². The summed E-state index contributed by atoms with van der Waals surface area (Å²) in [6.07, 6.45) is 0. The number of hydrogen-bond donors (Lipinski definition) is 1. The van der Waals surface area contributed by atoms with Crippen molar-refractivity contribution < 1.29 is 4.39 Å². The summed E-state index contributed by atoms with van der Waals surface area (Å²) in [4.78, 5) is 3.05. The van der Waals surface area contributed by atoms with Crippen LogP contribution in [-0.2, 0) is 0 Å². The Morgan fingerprint density at radius 2 is 2.05 bits per heavy atom. The predicted molar refractivity (Wildman–Crippen MR) is 85.9 cm³/mol. The number of rotatable bonds is 1. The number of halogens is 3. The maximum Gasteiger partial charge on any atom is 0.182 e. The number of nitrogens with one attached hydrogen (secondary N) is 1. The molecule has 0 bridgehead atoms. The molecule has 0 saturated carbocycles. The molecule has 0 atom stereocenters. The van der Waals surface area contributed by atoms with E-state index < -0.39 is 5.82 Å². The Hall–Kier alpha value is -1.17. The summed E-state index contributed by atoms with van der Waals surface area (Å²) in [5.74, 6) is -0.467. The van der Waals surface area contributed by atoms with E-state index in [4.69, 9.17) is 23.8 Å². The molecule has 0 spiro atoms. The van der Waals surface area contributed by atoms with Gasteiger partial charge in [-0.05, 0) is 58.8 Å². The average Bonchev–Trinajstić information content (AvgIpc) is 2.69. The number of nitrogens with zero attached hydrogens (tertiary/aromatic N) is 1. The van der Waals surface area contributed by atoms with Crippen LogP contribution in [0.2, 0.25) is 5.02 Å². The highest BCUT2D eigenvalue weighted by Crippen LogP contribution is 2.29. The molecule has 20 heavy (non-hydrogen) atoms. The molecule has 0 radical (unpaired) electrons. The van der Waals surface area contributed by atoms with E-state index in [2.05, 4.69) is 20.9 Å². The van der Waals surface area contributed by atoms with Crippen LogP contribution in [-0.4, -0.2) is 9.55 Å². The maximum atomic E-state index is 13.7. The zero-order valence-electron chi connectivity index (χ0n) is 10.4. The molecule has 0 aliphatic heterocycles. The molecule has 0 fully saturated rings. The lowest BCUT2D eigenvalue weighted by atomic mass is 10.2. The molecule has 2 nitrogen and oxygen atoms in total. The number of benzene rings is 2. The average molecular weight is 372 g/mol. The molecule has 1 heterocycles. The Bertz CT molecular complexity index is 885. The van der Waals surface area contributed by atoms with Crippen molar-refractivity contribution in [3.8, 4) is 5.69 Å². The normalized spacial score (nSPS) is 11.2. The third-order valence-electron chi connectivity index (χ3n) is 3.07. The van der Waals surface area contributed by atoms with Gasteiger partial charge >= 0.3 is 0 Å². The van der Waals surface area contributed by atoms with Gasteiger partial charge in [0, 0.05) is 10.5 Å². The van der Waals surface area contributed by atoms with Crippen LogP contribution < -0.4 is 0 Å². The molecular weight excluding hydrogens is 363 g/mol. The molecule has 102 valence electrons. The molecule has 1 aromatic heterocycles. The first-order chi connectivity index (χ1) is 9.47. The second-order valence-electron chi connectivity index (χ2n) is 4.50. The molecular formula is C14H9BrClFN2S. The van der Waals surface area contributed by atoms with Gasteiger partial charge in [-0.15, -0.1) is 0 Å². The summed E-state index contributed by atoms with van der Waals surface area (Å²) in [7, 11) is 0. The number of imidazole rings is 1. The lowest BCUT2D eigenvalue weighted by Crippen LogP contribution is -1.96. The molecule has 0 amide bonds. The highest BCUT2D eigenvalue weighted by Gasteiger charge is 2.12. The van der Waals surface area contributed by atoms with E-state index in [9.17, 15) is 4.39 Å². The standard InChI is InChI=1S/C14H9BrClFN2S/c1-7-2-3-8(15)12(4-7)19-13-6-10(17)9(16)5-11(13)18-14(19)20/h2-6H,1H3,(H,18,20). The van der Waals surface area contributed by atoms with Gasteiger partial charge in [0.1, 0.15) is 5.82 Å². The van der Waals surface area contributed by atoms with Gasteiger partial charge in [-0.1, -0.05) is 17.7 Å². The summed E-state index contributed by atoms with van der Waals surface area (Å²) < 4.78 is 16.9. The monoisotopic (exact) mass is 370 g/mol. The van der Waals surface area contributed by atoms with Gasteiger partial charge in [0.25, 0.3) is 0 Å². The van der Waals surface area contributed by atoms with Crippen LogP contribution in [0, 0.1) is 17.5 Å². The van der Waals surface area contributed by atoms with Gasteiger partial charge < -0.3 is 4.98 Å². The smallest absolute Gasteiger partial charge is 0.182 e. The minimum Gasteiger partial charge on any atom is -0.330 e. The first kappa shape index (κ1) is 13.8. The van der Waals surface area contributed by atoms with Crippen LogP contribution in [0.25, 0.3) is 16.7 Å². The highest BCUT2D eigenvalue weighted by molar-refractivity contribution is 9.10. The topological polar surface area (TPSA) is 20.7 Å². The minimum absolute atomic E-state index is 0.0733. The number of H-pyrrole nitrogens is 1. The molecule has 0 aliphatic rings. The summed E-state index contributed by atoms with van der Waals surface area (Å²) in [5, 5.41) is 0.0733. The predicted octanol–water partition coefficient (Wildman–Crippen LogP) is 5.55. The van der Waals surface area contributed by atoms with Gasteiger partial charge in [0.15, 0.2) is 4.77 Å². The Morgan fingerprint density at radius 3 is 2.80 bits per heavy atom. The number of aryl methyl sites for hydroxylation is 1. The Kier molecular flexibility index (Phi) is 3.44.